The fraction of sp³-hybridized carbons (Fsp3) is 0.250. The standard InChI is InChI=1S/C24H23NO4/c1-27-24(26)19-9-7-18(8-10-19)15-28-21-4-2-3-20(13-21)23-12-11-22(14-25-23)29-16-17-5-6-17/h2-4,7-14,17H,5-6,15-16H2,1H3. The zero-order valence-corrected chi connectivity index (χ0v) is 16.3. The van der Waals surface area contributed by atoms with E-state index in [-0.39, 0.29) is 5.97 Å². The summed E-state index contributed by atoms with van der Waals surface area (Å²) in [6.07, 6.45) is 4.32. The number of methoxy groups -OCH3 is 1. The molecule has 1 fully saturated rings. The van der Waals surface area contributed by atoms with E-state index < -0.39 is 0 Å². The van der Waals surface area contributed by atoms with Crippen LogP contribution in [0.4, 0.5) is 0 Å². The maximum Gasteiger partial charge on any atom is 0.337 e. The van der Waals surface area contributed by atoms with Gasteiger partial charge in [0.05, 0.1) is 31.2 Å². The maximum atomic E-state index is 11.5. The molecule has 5 heteroatoms. The summed E-state index contributed by atoms with van der Waals surface area (Å²) in [7, 11) is 1.37. The van der Waals surface area contributed by atoms with E-state index in [1.165, 1.54) is 20.0 Å². The molecular formula is C24H23NO4. The van der Waals surface area contributed by atoms with Gasteiger partial charge in [0.15, 0.2) is 0 Å². The molecule has 2 aromatic carbocycles. The van der Waals surface area contributed by atoms with Gasteiger partial charge in [0.25, 0.3) is 0 Å². The van der Waals surface area contributed by atoms with Gasteiger partial charge in [-0.1, -0.05) is 24.3 Å². The molecule has 0 amide bonds. The van der Waals surface area contributed by atoms with Crippen LogP contribution in [0.2, 0.25) is 0 Å². The molecule has 1 aliphatic carbocycles. The van der Waals surface area contributed by atoms with Crippen LogP contribution in [0.5, 0.6) is 11.5 Å². The summed E-state index contributed by atoms with van der Waals surface area (Å²) in [5, 5.41) is 0. The Balaban J connectivity index is 1.37. The molecule has 29 heavy (non-hydrogen) atoms. The highest BCUT2D eigenvalue weighted by molar-refractivity contribution is 5.89. The highest BCUT2D eigenvalue weighted by Gasteiger charge is 2.21. The smallest absolute Gasteiger partial charge is 0.337 e. The predicted octanol–water partition coefficient (Wildman–Crippen LogP) is 4.90. The van der Waals surface area contributed by atoms with E-state index >= 15 is 0 Å². The number of carbonyl (C=O) groups excluding carboxylic acids is 1. The average molecular weight is 389 g/mol. The van der Waals surface area contributed by atoms with E-state index in [4.69, 9.17) is 14.2 Å². The summed E-state index contributed by atoms with van der Waals surface area (Å²) in [4.78, 5) is 16.0. The molecular weight excluding hydrogens is 366 g/mol. The predicted molar refractivity (Wildman–Crippen MR) is 110 cm³/mol. The van der Waals surface area contributed by atoms with E-state index in [1.54, 1.807) is 18.3 Å². The van der Waals surface area contributed by atoms with E-state index in [1.807, 2.05) is 48.5 Å². The number of pyridine rings is 1. The van der Waals surface area contributed by atoms with Gasteiger partial charge in [0, 0.05) is 5.56 Å². The van der Waals surface area contributed by atoms with Gasteiger partial charge in [-0.05, 0) is 60.7 Å². The van der Waals surface area contributed by atoms with Gasteiger partial charge in [-0.2, -0.15) is 0 Å². The molecule has 0 unspecified atom stereocenters. The van der Waals surface area contributed by atoms with Crippen molar-refractivity contribution >= 4 is 5.97 Å². The van der Waals surface area contributed by atoms with Gasteiger partial charge < -0.3 is 14.2 Å². The first-order valence-electron chi connectivity index (χ1n) is 9.70. The van der Waals surface area contributed by atoms with Crippen LogP contribution in [0.3, 0.4) is 0 Å². The molecule has 0 spiro atoms. The van der Waals surface area contributed by atoms with E-state index in [0.717, 1.165) is 40.8 Å². The third-order valence-electron chi connectivity index (χ3n) is 4.83. The molecule has 0 saturated heterocycles. The van der Waals surface area contributed by atoms with Crippen molar-refractivity contribution in [1.82, 2.24) is 4.98 Å². The highest BCUT2D eigenvalue weighted by atomic mass is 16.5. The van der Waals surface area contributed by atoms with Crippen LogP contribution < -0.4 is 9.47 Å². The number of hydrogen-bond acceptors (Lipinski definition) is 5. The number of aromatic nitrogens is 1. The summed E-state index contributed by atoms with van der Waals surface area (Å²) in [5.74, 6) is 1.95. The fourth-order valence-corrected chi connectivity index (χ4v) is 2.90. The SMILES string of the molecule is COC(=O)c1ccc(COc2cccc(-c3ccc(OCC4CC4)cn3)c2)cc1. The molecule has 1 aromatic heterocycles. The van der Waals surface area contributed by atoms with Crippen molar-refractivity contribution in [1.29, 1.82) is 0 Å². The van der Waals surface area contributed by atoms with Gasteiger partial charge in [-0.15, -0.1) is 0 Å². The summed E-state index contributed by atoms with van der Waals surface area (Å²) in [6, 6.07) is 18.9. The van der Waals surface area contributed by atoms with Crippen LogP contribution in [0.15, 0.2) is 66.9 Å². The molecule has 3 aromatic rings. The van der Waals surface area contributed by atoms with E-state index in [0.29, 0.717) is 12.2 Å². The molecule has 5 nitrogen and oxygen atoms in total. The molecule has 0 bridgehead atoms. The summed E-state index contributed by atoms with van der Waals surface area (Å²) in [6.45, 7) is 1.19. The van der Waals surface area contributed by atoms with Crippen LogP contribution in [0, 0.1) is 5.92 Å². The van der Waals surface area contributed by atoms with Crippen LogP contribution >= 0.6 is 0 Å². The number of nitrogens with zero attached hydrogens (tertiary/aromatic N) is 1. The number of ether oxygens (including phenoxy) is 3. The molecule has 0 radical (unpaired) electrons. The van der Waals surface area contributed by atoms with Crippen molar-refractivity contribution in [3.63, 3.8) is 0 Å². The van der Waals surface area contributed by atoms with Crippen molar-refractivity contribution in [2.24, 2.45) is 5.92 Å². The van der Waals surface area contributed by atoms with Crippen LogP contribution in [-0.2, 0) is 11.3 Å². The number of benzene rings is 2. The minimum atomic E-state index is -0.346. The Morgan fingerprint density at radius 2 is 1.83 bits per heavy atom. The third kappa shape index (κ3) is 5.13. The lowest BCUT2D eigenvalue weighted by Crippen LogP contribution is -2.02. The Bertz CT molecular complexity index is 963. The Kier molecular flexibility index (Phi) is 5.75. The normalized spacial score (nSPS) is 13.0. The fourth-order valence-electron chi connectivity index (χ4n) is 2.90. The molecule has 0 aliphatic heterocycles. The monoisotopic (exact) mass is 389 g/mol. The highest BCUT2D eigenvalue weighted by Crippen LogP contribution is 2.30. The first-order valence-corrected chi connectivity index (χ1v) is 9.70. The molecule has 1 aliphatic rings. The zero-order chi connectivity index (χ0) is 20.1. The second-order valence-electron chi connectivity index (χ2n) is 7.14. The van der Waals surface area contributed by atoms with Gasteiger partial charge in [0.1, 0.15) is 18.1 Å². The van der Waals surface area contributed by atoms with Gasteiger partial charge in [-0.3, -0.25) is 4.98 Å². The van der Waals surface area contributed by atoms with Gasteiger partial charge in [0.2, 0.25) is 0 Å². The topological polar surface area (TPSA) is 57.7 Å². The Morgan fingerprint density at radius 1 is 1.00 bits per heavy atom. The number of esters is 1. The second kappa shape index (κ2) is 8.78. The quantitative estimate of drug-likeness (QED) is 0.513. The van der Waals surface area contributed by atoms with E-state index in [9.17, 15) is 4.79 Å². The van der Waals surface area contributed by atoms with Crippen molar-refractivity contribution in [3.05, 3.63) is 78.0 Å². The molecule has 4 rings (SSSR count). The number of carbonyl (C=O) groups is 1. The average Bonchev–Trinajstić information content (AvgIpc) is 3.61. The largest absolute Gasteiger partial charge is 0.492 e. The third-order valence-corrected chi connectivity index (χ3v) is 4.83. The summed E-state index contributed by atoms with van der Waals surface area (Å²) >= 11 is 0. The Hall–Kier alpha value is -3.34. The van der Waals surface area contributed by atoms with Gasteiger partial charge >= 0.3 is 5.97 Å². The van der Waals surface area contributed by atoms with Crippen molar-refractivity contribution in [3.8, 4) is 22.8 Å². The van der Waals surface area contributed by atoms with Crippen LogP contribution in [0.25, 0.3) is 11.3 Å². The second-order valence-corrected chi connectivity index (χ2v) is 7.14. The molecule has 1 heterocycles. The van der Waals surface area contributed by atoms with Crippen molar-refractivity contribution in [2.75, 3.05) is 13.7 Å². The Labute approximate surface area is 170 Å². The lowest BCUT2D eigenvalue weighted by atomic mass is 10.1. The summed E-state index contributed by atoms with van der Waals surface area (Å²) < 4.78 is 16.4. The Morgan fingerprint density at radius 3 is 2.52 bits per heavy atom. The molecule has 0 N–H and O–H groups in total. The van der Waals surface area contributed by atoms with Crippen molar-refractivity contribution < 1.29 is 19.0 Å². The molecule has 1 saturated carbocycles. The summed E-state index contributed by atoms with van der Waals surface area (Å²) in [5.41, 5.74) is 3.35. The maximum absolute atomic E-state index is 11.5. The van der Waals surface area contributed by atoms with Crippen molar-refractivity contribution in [2.45, 2.75) is 19.4 Å². The number of rotatable bonds is 8. The minimum absolute atomic E-state index is 0.346. The van der Waals surface area contributed by atoms with E-state index in [2.05, 4.69) is 4.98 Å². The van der Waals surface area contributed by atoms with Gasteiger partial charge in [-0.25, -0.2) is 4.79 Å². The minimum Gasteiger partial charge on any atom is -0.492 e. The lowest BCUT2D eigenvalue weighted by Gasteiger charge is -2.09. The van der Waals surface area contributed by atoms with Crippen LogP contribution in [-0.4, -0.2) is 24.7 Å². The first kappa shape index (κ1) is 19.0. The zero-order valence-electron chi connectivity index (χ0n) is 16.3. The lowest BCUT2D eigenvalue weighted by molar-refractivity contribution is 0.0600. The number of hydrogen-bond donors (Lipinski definition) is 0. The molecule has 0 atom stereocenters. The molecule has 148 valence electrons. The first-order chi connectivity index (χ1) is 14.2. The van der Waals surface area contributed by atoms with Crippen LogP contribution in [0.1, 0.15) is 28.8 Å².